The lowest BCUT2D eigenvalue weighted by atomic mass is 9.77. The van der Waals surface area contributed by atoms with Gasteiger partial charge in [-0.2, -0.15) is 0 Å². The van der Waals surface area contributed by atoms with Crippen molar-refractivity contribution in [2.75, 3.05) is 32.8 Å². The van der Waals surface area contributed by atoms with Crippen LogP contribution in [0.2, 0.25) is 0 Å². The van der Waals surface area contributed by atoms with Gasteiger partial charge in [-0.3, -0.25) is 4.79 Å². The second kappa shape index (κ2) is 18.0. The van der Waals surface area contributed by atoms with Gasteiger partial charge in [-0.25, -0.2) is 4.99 Å². The molecular formula is C34H48N8O4+2. The minimum absolute atomic E-state index is 0.000633. The summed E-state index contributed by atoms with van der Waals surface area (Å²) in [6.07, 6.45) is 8.23. The maximum atomic E-state index is 14.8. The Balaban J connectivity index is 1.70. The van der Waals surface area contributed by atoms with Crippen LogP contribution in [0.5, 0.6) is 5.75 Å². The number of unbranched alkanes of at least 4 members (excludes halogenated alkanes) is 3. The molecule has 2 aliphatic heterocycles. The number of nitrogens with zero attached hydrogens (tertiary/aromatic N) is 6. The van der Waals surface area contributed by atoms with Crippen LogP contribution in [0.3, 0.4) is 0 Å². The number of likely N-dealkylation sites (tertiary alicyclic amines) is 1. The number of hydrogen-bond donors (Lipinski definition) is 3. The fraction of sp³-hybridized carbons (Fsp3) is 0.588. The van der Waals surface area contributed by atoms with Crippen molar-refractivity contribution in [3.8, 4) is 5.75 Å². The minimum Gasteiger partial charge on any atom is -0.494 e. The van der Waals surface area contributed by atoms with Crippen LogP contribution >= 0.6 is 0 Å². The lowest BCUT2D eigenvalue weighted by molar-refractivity contribution is -0.141. The van der Waals surface area contributed by atoms with E-state index in [9.17, 15) is 4.79 Å². The number of ether oxygens (including phenoxy) is 2. The van der Waals surface area contributed by atoms with Crippen molar-refractivity contribution in [3.63, 3.8) is 0 Å². The molecule has 0 bridgehead atoms. The highest BCUT2D eigenvalue weighted by atomic mass is 16.5. The summed E-state index contributed by atoms with van der Waals surface area (Å²) < 4.78 is 12.5. The van der Waals surface area contributed by atoms with Gasteiger partial charge in [0.2, 0.25) is 15.7 Å². The van der Waals surface area contributed by atoms with E-state index in [2.05, 4.69) is 27.0 Å². The summed E-state index contributed by atoms with van der Waals surface area (Å²) in [5.74, 6) is 1.18. The maximum absolute atomic E-state index is 14.8. The summed E-state index contributed by atoms with van der Waals surface area (Å²) in [7, 11) is 0. The first-order valence-corrected chi connectivity index (χ1v) is 16.6. The van der Waals surface area contributed by atoms with Crippen molar-refractivity contribution in [3.05, 3.63) is 65.2 Å². The molecular weight excluding hydrogens is 584 g/mol. The molecule has 3 N–H and O–H groups in total. The average Bonchev–Trinajstić information content (AvgIpc) is 3.48. The van der Waals surface area contributed by atoms with Crippen molar-refractivity contribution in [1.82, 2.24) is 14.7 Å². The SMILES string of the molecule is CC(CCCCCCN=[N+]=N)C1OC(c2ccc(OCCCO)cc2)=NC1(Cc1ccccc1CN=[N+]=N)C(=O)N1CCCCC1. The van der Waals surface area contributed by atoms with Gasteiger partial charge < -0.3 is 19.5 Å². The van der Waals surface area contributed by atoms with E-state index in [1.165, 1.54) is 0 Å². The number of aliphatic hydroxyl groups is 1. The Morgan fingerprint density at radius 1 is 1.02 bits per heavy atom. The molecule has 0 radical (unpaired) electrons. The Hall–Kier alpha value is -4.24. The second-order valence-corrected chi connectivity index (χ2v) is 12.2. The number of aliphatic hydroxyl groups excluding tert-OH is 1. The van der Waals surface area contributed by atoms with E-state index in [4.69, 9.17) is 30.6 Å². The van der Waals surface area contributed by atoms with Crippen LogP contribution in [-0.4, -0.2) is 66.3 Å². The van der Waals surface area contributed by atoms with Crippen LogP contribution in [0, 0.1) is 17.0 Å². The van der Waals surface area contributed by atoms with Gasteiger partial charge in [-0.1, -0.05) is 50.5 Å². The topological polar surface area (TPSA) is 172 Å². The highest BCUT2D eigenvalue weighted by Crippen LogP contribution is 2.40. The van der Waals surface area contributed by atoms with Crippen LogP contribution in [0.4, 0.5) is 0 Å². The molecule has 12 nitrogen and oxygen atoms in total. The number of aliphatic imine (C=N–C) groups is 1. The highest BCUT2D eigenvalue weighted by molar-refractivity contribution is 6.01. The van der Waals surface area contributed by atoms with Gasteiger partial charge in [-0.15, -0.1) is 0 Å². The summed E-state index contributed by atoms with van der Waals surface area (Å²) in [5.41, 5.74) is 15.5. The van der Waals surface area contributed by atoms with E-state index in [-0.39, 0.29) is 25.0 Å². The quantitative estimate of drug-likeness (QED) is 0.108. The molecule has 0 spiro atoms. The number of carbonyl (C=O) groups excluding carboxylic acids is 1. The van der Waals surface area contributed by atoms with E-state index in [0.717, 1.165) is 68.1 Å². The average molecular weight is 633 g/mol. The molecule has 3 unspecified atom stereocenters. The molecule has 1 saturated heterocycles. The van der Waals surface area contributed by atoms with Crippen molar-refractivity contribution in [2.24, 2.45) is 21.1 Å². The van der Waals surface area contributed by atoms with Gasteiger partial charge in [-0.05, 0) is 73.4 Å². The highest BCUT2D eigenvalue weighted by Gasteiger charge is 2.56. The number of carbonyl (C=O) groups is 1. The molecule has 2 aromatic carbocycles. The Kier molecular flexibility index (Phi) is 13.6. The molecule has 46 heavy (non-hydrogen) atoms. The van der Waals surface area contributed by atoms with E-state index in [1.807, 2.05) is 53.4 Å². The number of hydrogen-bond acceptors (Lipinski definition) is 9. The lowest BCUT2D eigenvalue weighted by Crippen LogP contribution is -2.57. The number of nitrogens with one attached hydrogen (secondary N) is 2. The molecule has 0 saturated carbocycles. The van der Waals surface area contributed by atoms with Crippen molar-refractivity contribution in [2.45, 2.75) is 89.3 Å². The molecule has 3 atom stereocenters. The second-order valence-electron chi connectivity index (χ2n) is 12.2. The van der Waals surface area contributed by atoms with Crippen molar-refractivity contribution < 1.29 is 19.4 Å². The lowest BCUT2D eigenvalue weighted by Gasteiger charge is -2.39. The summed E-state index contributed by atoms with van der Waals surface area (Å²) in [6.45, 7) is 4.89. The Labute approximate surface area is 271 Å². The van der Waals surface area contributed by atoms with Crippen molar-refractivity contribution >= 4 is 11.8 Å². The Bertz CT molecular complexity index is 1400. The summed E-state index contributed by atoms with van der Waals surface area (Å²) in [5, 5.41) is 16.8. The van der Waals surface area contributed by atoms with Gasteiger partial charge in [0.25, 0.3) is 5.91 Å². The monoisotopic (exact) mass is 632 g/mol. The first-order valence-electron chi connectivity index (χ1n) is 16.6. The fourth-order valence-corrected chi connectivity index (χ4v) is 6.40. The number of rotatable bonds is 18. The molecule has 12 heteroatoms. The molecule has 2 aliphatic rings. The summed E-state index contributed by atoms with van der Waals surface area (Å²) >= 11 is 0. The molecule has 0 aliphatic carbocycles. The molecule has 0 aromatic heterocycles. The Morgan fingerprint density at radius 2 is 1.74 bits per heavy atom. The third kappa shape index (κ3) is 9.16. The number of piperidine rings is 1. The molecule has 4 rings (SSSR count). The van der Waals surface area contributed by atoms with Gasteiger partial charge in [0.1, 0.15) is 46.2 Å². The predicted molar refractivity (Wildman–Crippen MR) is 174 cm³/mol. The Morgan fingerprint density at radius 3 is 2.46 bits per heavy atom. The van der Waals surface area contributed by atoms with E-state index >= 15 is 0 Å². The summed E-state index contributed by atoms with van der Waals surface area (Å²) in [6, 6.07) is 15.4. The van der Waals surface area contributed by atoms with Crippen LogP contribution in [0.25, 0.3) is 0 Å². The first-order chi connectivity index (χ1) is 22.5. The zero-order valence-corrected chi connectivity index (χ0v) is 26.9. The normalized spacial score (nSPS) is 19.7. The largest absolute Gasteiger partial charge is 0.494 e. The van der Waals surface area contributed by atoms with Gasteiger partial charge >= 0.3 is 0 Å². The molecule has 1 amide bonds. The minimum atomic E-state index is -1.18. The van der Waals surface area contributed by atoms with Crippen molar-refractivity contribution in [1.29, 1.82) is 11.1 Å². The molecule has 2 aromatic rings. The standard InChI is InChI=1S/C34H48N8O4/c1-26(12-5-2-3-8-19-37-40-35)31-34(33(44)42-20-9-4-10-21-42,24-28-13-6-7-14-29(28)25-38-41-36)39-32(46-31)27-15-17-30(18-16-27)45-23-11-22-43/h6-7,13-18,26,31,35-36,43H,2-5,8-12,19-25H2,1H3/q+2. The van der Waals surface area contributed by atoms with Gasteiger partial charge in [0.05, 0.1) is 6.61 Å². The zero-order chi connectivity index (χ0) is 32.6. The molecule has 2 heterocycles. The number of benzene rings is 2. The smallest absolute Gasteiger partial charge is 0.254 e. The first kappa shape index (κ1) is 34.6. The molecule has 246 valence electrons. The van der Waals surface area contributed by atoms with E-state index in [0.29, 0.717) is 50.7 Å². The summed E-state index contributed by atoms with van der Waals surface area (Å²) in [4.78, 5) is 28.4. The third-order valence-corrected chi connectivity index (χ3v) is 8.84. The van der Waals surface area contributed by atoms with Crippen LogP contribution in [0.15, 0.2) is 63.8 Å². The van der Waals surface area contributed by atoms with Crippen LogP contribution in [-0.2, 0) is 22.5 Å². The third-order valence-electron chi connectivity index (χ3n) is 8.84. The van der Waals surface area contributed by atoms with E-state index in [1.54, 1.807) is 0 Å². The van der Waals surface area contributed by atoms with Gasteiger partial charge in [0.15, 0.2) is 5.54 Å². The molecule has 1 fully saturated rings. The fourth-order valence-electron chi connectivity index (χ4n) is 6.40. The number of amides is 1. The predicted octanol–water partition coefficient (Wildman–Crippen LogP) is 5.77. The van der Waals surface area contributed by atoms with Crippen LogP contribution < -0.4 is 14.6 Å². The van der Waals surface area contributed by atoms with Crippen LogP contribution in [0.1, 0.15) is 81.4 Å². The zero-order valence-electron chi connectivity index (χ0n) is 26.9. The maximum Gasteiger partial charge on any atom is 0.254 e. The van der Waals surface area contributed by atoms with E-state index < -0.39 is 11.6 Å². The van der Waals surface area contributed by atoms with Gasteiger partial charge in [0, 0.05) is 38.1 Å².